The van der Waals surface area contributed by atoms with Gasteiger partial charge < -0.3 is 0 Å². The number of hydrogen-bond donors (Lipinski definition) is 0. The van der Waals surface area contributed by atoms with Crippen molar-refractivity contribution in [2.45, 2.75) is 53.0 Å². The largest absolute Gasteiger partial charge is 0.268 e. The third kappa shape index (κ3) is 2.58. The van der Waals surface area contributed by atoms with E-state index in [0.717, 1.165) is 18.5 Å². The molecule has 0 spiro atoms. The fourth-order valence-electron chi connectivity index (χ4n) is 2.99. The number of hydrogen-bond acceptors (Lipinski definition) is 2. The van der Waals surface area contributed by atoms with E-state index in [4.69, 9.17) is 0 Å². The van der Waals surface area contributed by atoms with Gasteiger partial charge in [0, 0.05) is 6.20 Å². The van der Waals surface area contributed by atoms with Crippen molar-refractivity contribution in [1.29, 1.82) is 5.26 Å². The number of aromatic nitrogens is 2. The van der Waals surface area contributed by atoms with E-state index >= 15 is 0 Å². The first-order chi connectivity index (χ1) is 8.41. The summed E-state index contributed by atoms with van der Waals surface area (Å²) >= 11 is 0. The molecule has 98 valence electrons. The van der Waals surface area contributed by atoms with Crippen molar-refractivity contribution in [3.63, 3.8) is 0 Å². The van der Waals surface area contributed by atoms with Gasteiger partial charge >= 0.3 is 0 Å². The number of aryl methyl sites for hydroxylation is 1. The smallest absolute Gasteiger partial charge is 0.0688 e. The maximum atomic E-state index is 9.33. The lowest BCUT2D eigenvalue weighted by Gasteiger charge is -2.39. The molecule has 3 heteroatoms. The lowest BCUT2D eigenvalue weighted by atomic mass is 9.68. The molecule has 0 aromatic carbocycles. The van der Waals surface area contributed by atoms with Gasteiger partial charge in [0.25, 0.3) is 0 Å². The quantitative estimate of drug-likeness (QED) is 0.756. The molecule has 0 bridgehead atoms. The molecule has 18 heavy (non-hydrogen) atoms. The molecule has 1 aromatic heterocycles. The Balaban J connectivity index is 2.22. The minimum Gasteiger partial charge on any atom is -0.268 e. The Morgan fingerprint density at radius 2 is 2.11 bits per heavy atom. The van der Waals surface area contributed by atoms with Crippen LogP contribution in [0.3, 0.4) is 0 Å². The molecule has 0 N–H and O–H groups in total. The van der Waals surface area contributed by atoms with Gasteiger partial charge in [-0.2, -0.15) is 10.4 Å². The molecule has 3 atom stereocenters. The van der Waals surface area contributed by atoms with Gasteiger partial charge in [0.2, 0.25) is 0 Å². The molecule has 0 amide bonds. The number of nitrogens with zero attached hydrogens (tertiary/aromatic N) is 3. The van der Waals surface area contributed by atoms with Crippen molar-refractivity contribution in [2.75, 3.05) is 0 Å². The second-order valence-electron chi connectivity index (χ2n) is 6.62. The molecular formula is C15H23N3. The standard InChI is InChI=1S/C15H23N3/c1-11-7-8-18(17-11)14-9-13(15(2,3)4)6-5-12(14)10-16/h7-8,12-14H,5-6,9H2,1-4H3. The second kappa shape index (κ2) is 4.76. The van der Waals surface area contributed by atoms with Crippen LogP contribution in [0.4, 0.5) is 0 Å². The lowest BCUT2D eigenvalue weighted by molar-refractivity contribution is 0.116. The second-order valence-corrected chi connectivity index (χ2v) is 6.62. The van der Waals surface area contributed by atoms with Crippen LogP contribution in [0.1, 0.15) is 51.8 Å². The van der Waals surface area contributed by atoms with E-state index in [9.17, 15) is 5.26 Å². The van der Waals surface area contributed by atoms with E-state index < -0.39 is 0 Å². The highest BCUT2D eigenvalue weighted by Gasteiger charge is 2.37. The average Bonchev–Trinajstić information content (AvgIpc) is 2.73. The number of nitriles is 1. The Kier molecular flexibility index (Phi) is 3.47. The Hall–Kier alpha value is -1.30. The van der Waals surface area contributed by atoms with Gasteiger partial charge in [-0.15, -0.1) is 0 Å². The molecule has 0 saturated heterocycles. The van der Waals surface area contributed by atoms with E-state index in [1.807, 2.05) is 23.9 Å². The zero-order valence-corrected chi connectivity index (χ0v) is 11.8. The van der Waals surface area contributed by atoms with Crippen LogP contribution in [0.15, 0.2) is 12.3 Å². The Bertz CT molecular complexity index is 447. The van der Waals surface area contributed by atoms with Crippen LogP contribution in [0.25, 0.3) is 0 Å². The van der Waals surface area contributed by atoms with Crippen molar-refractivity contribution in [2.24, 2.45) is 17.3 Å². The Morgan fingerprint density at radius 1 is 1.39 bits per heavy atom. The third-order valence-corrected chi connectivity index (χ3v) is 4.29. The van der Waals surface area contributed by atoms with E-state index in [2.05, 4.69) is 31.9 Å². The summed E-state index contributed by atoms with van der Waals surface area (Å²) in [4.78, 5) is 0. The summed E-state index contributed by atoms with van der Waals surface area (Å²) in [6, 6.07) is 4.75. The van der Waals surface area contributed by atoms with Gasteiger partial charge in [0.15, 0.2) is 0 Å². The van der Waals surface area contributed by atoms with E-state index in [-0.39, 0.29) is 12.0 Å². The van der Waals surface area contributed by atoms with Crippen molar-refractivity contribution in [1.82, 2.24) is 9.78 Å². The van der Waals surface area contributed by atoms with Gasteiger partial charge in [-0.05, 0) is 43.6 Å². The first-order valence-electron chi connectivity index (χ1n) is 6.83. The van der Waals surface area contributed by atoms with Crippen LogP contribution in [-0.2, 0) is 0 Å². The first-order valence-corrected chi connectivity index (χ1v) is 6.83. The van der Waals surface area contributed by atoms with Crippen molar-refractivity contribution < 1.29 is 0 Å². The zero-order valence-electron chi connectivity index (χ0n) is 11.8. The van der Waals surface area contributed by atoms with Crippen LogP contribution >= 0.6 is 0 Å². The third-order valence-electron chi connectivity index (χ3n) is 4.29. The van der Waals surface area contributed by atoms with Crippen LogP contribution in [0, 0.1) is 35.5 Å². The summed E-state index contributed by atoms with van der Waals surface area (Å²) in [6.07, 6.45) is 5.26. The molecule has 1 aliphatic rings. The SMILES string of the molecule is Cc1ccn(C2CC(C(C)(C)C)CCC2C#N)n1. The molecule has 1 saturated carbocycles. The first kappa shape index (κ1) is 13.1. The van der Waals surface area contributed by atoms with E-state index in [0.29, 0.717) is 11.3 Å². The summed E-state index contributed by atoms with van der Waals surface area (Å²) in [7, 11) is 0. The van der Waals surface area contributed by atoms with Crippen LogP contribution in [0.5, 0.6) is 0 Å². The molecule has 0 aliphatic heterocycles. The van der Waals surface area contributed by atoms with Crippen molar-refractivity contribution >= 4 is 0 Å². The highest BCUT2D eigenvalue weighted by Crippen LogP contribution is 2.44. The average molecular weight is 245 g/mol. The fourth-order valence-corrected chi connectivity index (χ4v) is 2.99. The fraction of sp³-hybridized carbons (Fsp3) is 0.733. The summed E-state index contributed by atoms with van der Waals surface area (Å²) in [5.74, 6) is 0.791. The maximum Gasteiger partial charge on any atom is 0.0688 e. The normalized spacial score (nSPS) is 28.9. The molecule has 1 heterocycles. The Morgan fingerprint density at radius 3 is 2.61 bits per heavy atom. The Labute approximate surface area is 110 Å². The molecule has 3 nitrogen and oxygen atoms in total. The molecule has 0 radical (unpaired) electrons. The summed E-state index contributed by atoms with van der Waals surface area (Å²) in [5, 5.41) is 13.8. The monoisotopic (exact) mass is 245 g/mol. The van der Waals surface area contributed by atoms with E-state index in [1.54, 1.807) is 0 Å². The predicted octanol–water partition coefficient (Wildman–Crippen LogP) is 3.72. The summed E-state index contributed by atoms with van der Waals surface area (Å²) in [6.45, 7) is 8.91. The van der Waals surface area contributed by atoms with E-state index in [1.165, 1.54) is 6.42 Å². The van der Waals surface area contributed by atoms with Gasteiger partial charge in [-0.3, -0.25) is 4.68 Å². The number of rotatable bonds is 1. The van der Waals surface area contributed by atoms with Gasteiger partial charge in [0.1, 0.15) is 0 Å². The van der Waals surface area contributed by atoms with Crippen LogP contribution < -0.4 is 0 Å². The molecule has 2 rings (SSSR count). The van der Waals surface area contributed by atoms with Gasteiger partial charge in [-0.1, -0.05) is 20.8 Å². The van der Waals surface area contributed by atoms with Crippen molar-refractivity contribution in [3.05, 3.63) is 18.0 Å². The molecule has 3 unspecified atom stereocenters. The predicted molar refractivity (Wildman–Crippen MR) is 71.9 cm³/mol. The molecule has 1 fully saturated rings. The minimum absolute atomic E-state index is 0.114. The van der Waals surface area contributed by atoms with Crippen molar-refractivity contribution in [3.8, 4) is 6.07 Å². The van der Waals surface area contributed by atoms with Gasteiger partial charge in [0.05, 0.1) is 23.7 Å². The van der Waals surface area contributed by atoms with Crippen LogP contribution in [0.2, 0.25) is 0 Å². The molecular weight excluding hydrogens is 222 g/mol. The van der Waals surface area contributed by atoms with Gasteiger partial charge in [-0.25, -0.2) is 0 Å². The highest BCUT2D eigenvalue weighted by atomic mass is 15.3. The highest BCUT2D eigenvalue weighted by molar-refractivity contribution is 5.02. The van der Waals surface area contributed by atoms with Crippen LogP contribution in [-0.4, -0.2) is 9.78 Å². The topological polar surface area (TPSA) is 41.6 Å². The maximum absolute atomic E-state index is 9.33. The lowest BCUT2D eigenvalue weighted by Crippen LogP contribution is -2.33. The zero-order chi connectivity index (χ0) is 13.3. The molecule has 1 aliphatic carbocycles. The molecule has 1 aromatic rings. The minimum atomic E-state index is 0.114. The summed E-state index contributed by atoms with van der Waals surface area (Å²) < 4.78 is 2.02. The summed E-state index contributed by atoms with van der Waals surface area (Å²) in [5.41, 5.74) is 1.35.